The Bertz CT molecular complexity index is 477. The molecule has 0 aliphatic rings. The van der Waals surface area contributed by atoms with Gasteiger partial charge in [0.2, 0.25) is 0 Å². The van der Waals surface area contributed by atoms with Gasteiger partial charge in [0.1, 0.15) is 12.4 Å². The average molecular weight is 420 g/mol. The number of aromatic nitrogens is 2. The van der Waals surface area contributed by atoms with E-state index < -0.39 is 0 Å². The van der Waals surface area contributed by atoms with Crippen molar-refractivity contribution in [3.8, 4) is 0 Å². The molecule has 0 aromatic carbocycles. The van der Waals surface area contributed by atoms with Crippen LogP contribution in [0.25, 0.3) is 0 Å². The molecule has 0 aliphatic carbocycles. The molecule has 30 heavy (non-hydrogen) atoms. The van der Waals surface area contributed by atoms with Crippen LogP contribution >= 0.6 is 0 Å². The van der Waals surface area contributed by atoms with Crippen molar-refractivity contribution >= 4 is 0 Å². The maximum absolute atomic E-state index is 2.54. The third kappa shape index (κ3) is 13.5. The minimum Gasteiger partial charge on any atom is -0.234 e. The number of hydrogen-bond donors (Lipinski definition) is 0. The predicted octanol–water partition coefficient (Wildman–Crippen LogP) is 8.79. The van der Waals surface area contributed by atoms with Crippen LogP contribution in [0.1, 0.15) is 149 Å². The Morgan fingerprint density at radius 3 is 1.53 bits per heavy atom. The zero-order valence-corrected chi connectivity index (χ0v) is 21.1. The Kier molecular flexibility index (Phi) is 18.3. The van der Waals surface area contributed by atoms with Gasteiger partial charge in [0.05, 0.1) is 13.1 Å². The monoisotopic (exact) mass is 419 g/mol. The number of aryl methyl sites for hydroxylation is 2. The smallest absolute Gasteiger partial charge is 0.234 e. The van der Waals surface area contributed by atoms with E-state index >= 15 is 0 Å². The standard InChI is InChI=1S/C28H55N2/c1-4-7-9-10-11-12-13-14-15-16-17-18-19-20-22-25-30-27-26-29(24-21-8-5-2)28(30)23-6-3/h26-27H,4-25H2,1-3H3/q+1. The highest BCUT2D eigenvalue weighted by molar-refractivity contribution is 4.84. The Morgan fingerprint density at radius 1 is 0.567 bits per heavy atom. The highest BCUT2D eigenvalue weighted by Crippen LogP contribution is 2.14. The Morgan fingerprint density at radius 2 is 1.03 bits per heavy atom. The molecule has 1 rings (SSSR count). The summed E-state index contributed by atoms with van der Waals surface area (Å²) in [5.41, 5.74) is 0. The molecule has 0 bridgehead atoms. The van der Waals surface area contributed by atoms with Crippen LogP contribution in [-0.4, -0.2) is 4.57 Å². The molecular weight excluding hydrogens is 364 g/mol. The fraction of sp³-hybridized carbons (Fsp3) is 0.893. The quantitative estimate of drug-likeness (QED) is 0.131. The number of nitrogens with zero attached hydrogens (tertiary/aromatic N) is 2. The first-order chi connectivity index (χ1) is 14.8. The maximum atomic E-state index is 2.54. The Balaban J connectivity index is 2.00. The van der Waals surface area contributed by atoms with Crippen molar-refractivity contribution in [1.29, 1.82) is 0 Å². The molecule has 0 spiro atoms. The van der Waals surface area contributed by atoms with Gasteiger partial charge in [-0.1, -0.05) is 111 Å². The van der Waals surface area contributed by atoms with Gasteiger partial charge in [-0.25, -0.2) is 9.13 Å². The SMILES string of the molecule is CCCCCCCCCCCCCCCCCn1cc[n+](CCCCC)c1CCC. The molecule has 0 saturated heterocycles. The van der Waals surface area contributed by atoms with E-state index in [0.29, 0.717) is 0 Å². The van der Waals surface area contributed by atoms with E-state index in [-0.39, 0.29) is 0 Å². The molecule has 0 aliphatic heterocycles. The molecule has 0 unspecified atom stereocenters. The zero-order chi connectivity index (χ0) is 21.7. The van der Waals surface area contributed by atoms with Crippen LogP contribution in [0.2, 0.25) is 0 Å². The third-order valence-corrected chi connectivity index (χ3v) is 6.57. The third-order valence-electron chi connectivity index (χ3n) is 6.57. The first kappa shape index (κ1) is 27.2. The lowest BCUT2D eigenvalue weighted by Crippen LogP contribution is -2.37. The van der Waals surface area contributed by atoms with E-state index in [0.717, 1.165) is 0 Å². The van der Waals surface area contributed by atoms with Gasteiger partial charge in [-0.05, 0) is 32.1 Å². The van der Waals surface area contributed by atoms with E-state index in [4.69, 9.17) is 0 Å². The van der Waals surface area contributed by atoms with Crippen LogP contribution in [0.3, 0.4) is 0 Å². The molecule has 0 radical (unpaired) electrons. The van der Waals surface area contributed by atoms with Crippen LogP contribution in [0.5, 0.6) is 0 Å². The van der Waals surface area contributed by atoms with Gasteiger partial charge in [-0.15, -0.1) is 0 Å². The first-order valence-corrected chi connectivity index (χ1v) is 13.9. The molecule has 0 atom stereocenters. The van der Waals surface area contributed by atoms with Crippen molar-refractivity contribution in [1.82, 2.24) is 4.57 Å². The van der Waals surface area contributed by atoms with Crippen molar-refractivity contribution in [3.63, 3.8) is 0 Å². The van der Waals surface area contributed by atoms with Crippen LogP contribution in [0, 0.1) is 0 Å². The summed E-state index contributed by atoms with van der Waals surface area (Å²) in [5.74, 6) is 1.55. The summed E-state index contributed by atoms with van der Waals surface area (Å²) in [6.45, 7) is 9.32. The van der Waals surface area contributed by atoms with Gasteiger partial charge in [-0.3, -0.25) is 0 Å². The second-order valence-corrected chi connectivity index (χ2v) is 9.51. The first-order valence-electron chi connectivity index (χ1n) is 13.9. The minimum atomic E-state index is 1.20. The van der Waals surface area contributed by atoms with Gasteiger partial charge < -0.3 is 0 Å². The molecule has 0 saturated carbocycles. The van der Waals surface area contributed by atoms with Crippen molar-refractivity contribution in [3.05, 3.63) is 18.2 Å². The maximum Gasteiger partial charge on any atom is 0.256 e. The van der Waals surface area contributed by atoms with E-state index in [9.17, 15) is 0 Å². The van der Waals surface area contributed by atoms with E-state index in [2.05, 4.69) is 42.3 Å². The predicted molar refractivity (Wildman–Crippen MR) is 133 cm³/mol. The Hall–Kier alpha value is -0.790. The topological polar surface area (TPSA) is 8.81 Å². The summed E-state index contributed by atoms with van der Waals surface area (Å²) in [5, 5.41) is 0. The number of unbranched alkanes of at least 4 members (excludes halogenated alkanes) is 16. The second-order valence-electron chi connectivity index (χ2n) is 9.51. The summed E-state index contributed by atoms with van der Waals surface area (Å²) in [6, 6.07) is 0. The molecule has 2 nitrogen and oxygen atoms in total. The molecule has 176 valence electrons. The molecule has 1 heterocycles. The molecule has 0 amide bonds. The average Bonchev–Trinajstić information content (AvgIpc) is 3.13. The Labute approximate surface area is 189 Å². The molecular formula is C28H55N2+. The molecule has 0 fully saturated rings. The fourth-order valence-electron chi connectivity index (χ4n) is 4.60. The van der Waals surface area contributed by atoms with Crippen LogP contribution < -0.4 is 4.57 Å². The van der Waals surface area contributed by atoms with Crippen LogP contribution in [0.15, 0.2) is 12.4 Å². The highest BCUT2D eigenvalue weighted by atomic mass is 15.1. The van der Waals surface area contributed by atoms with Crippen molar-refractivity contribution in [2.24, 2.45) is 0 Å². The number of imidazole rings is 1. The van der Waals surface area contributed by atoms with E-state index in [1.165, 1.54) is 142 Å². The minimum absolute atomic E-state index is 1.20. The summed E-state index contributed by atoms with van der Waals surface area (Å²) in [4.78, 5) is 0. The van der Waals surface area contributed by atoms with Gasteiger partial charge in [0.15, 0.2) is 0 Å². The van der Waals surface area contributed by atoms with Crippen molar-refractivity contribution < 1.29 is 4.57 Å². The van der Waals surface area contributed by atoms with Crippen LogP contribution in [0.4, 0.5) is 0 Å². The number of hydrogen-bond acceptors (Lipinski definition) is 0. The zero-order valence-electron chi connectivity index (χ0n) is 21.1. The lowest BCUT2D eigenvalue weighted by molar-refractivity contribution is -0.704. The fourth-order valence-corrected chi connectivity index (χ4v) is 4.60. The van der Waals surface area contributed by atoms with Gasteiger partial charge in [-0.2, -0.15) is 0 Å². The van der Waals surface area contributed by atoms with Gasteiger partial charge in [0, 0.05) is 6.42 Å². The number of rotatable bonds is 22. The largest absolute Gasteiger partial charge is 0.256 e. The molecule has 0 N–H and O–H groups in total. The van der Waals surface area contributed by atoms with Gasteiger partial charge in [0.25, 0.3) is 5.82 Å². The van der Waals surface area contributed by atoms with Crippen LogP contribution in [-0.2, 0) is 19.5 Å². The molecule has 2 heteroatoms. The van der Waals surface area contributed by atoms with Gasteiger partial charge >= 0.3 is 0 Å². The summed E-state index contributed by atoms with van der Waals surface area (Å²) >= 11 is 0. The lowest BCUT2D eigenvalue weighted by Gasteiger charge is -2.05. The normalized spacial score (nSPS) is 11.4. The highest BCUT2D eigenvalue weighted by Gasteiger charge is 2.15. The summed E-state index contributed by atoms with van der Waals surface area (Å²) in [6.07, 6.45) is 32.7. The molecule has 1 aromatic rings. The summed E-state index contributed by atoms with van der Waals surface area (Å²) in [7, 11) is 0. The molecule has 1 aromatic heterocycles. The van der Waals surface area contributed by atoms with Crippen molar-refractivity contribution in [2.75, 3.05) is 0 Å². The lowest BCUT2D eigenvalue weighted by atomic mass is 10.0. The van der Waals surface area contributed by atoms with E-state index in [1.807, 2.05) is 0 Å². The van der Waals surface area contributed by atoms with Crippen molar-refractivity contribution in [2.45, 2.75) is 162 Å². The summed E-state index contributed by atoms with van der Waals surface area (Å²) < 4.78 is 5.06. The second kappa shape index (κ2) is 20.1. The van der Waals surface area contributed by atoms with E-state index in [1.54, 1.807) is 5.82 Å².